The van der Waals surface area contributed by atoms with E-state index >= 15 is 0 Å². The molecule has 1 amide bonds. The molecule has 3 heteroatoms. The van der Waals surface area contributed by atoms with E-state index < -0.39 is 0 Å². The van der Waals surface area contributed by atoms with Crippen LogP contribution in [0.5, 0.6) is 0 Å². The van der Waals surface area contributed by atoms with Crippen LogP contribution in [0.2, 0.25) is 0 Å². The van der Waals surface area contributed by atoms with Crippen LogP contribution in [-0.2, 0) is 4.79 Å². The van der Waals surface area contributed by atoms with Gasteiger partial charge in [-0.1, -0.05) is 26.7 Å². The highest BCUT2D eigenvalue weighted by Gasteiger charge is 2.30. The molecule has 1 atom stereocenters. The van der Waals surface area contributed by atoms with Crippen LogP contribution in [0.25, 0.3) is 0 Å². The van der Waals surface area contributed by atoms with Gasteiger partial charge in [0.2, 0.25) is 5.91 Å². The summed E-state index contributed by atoms with van der Waals surface area (Å²) in [5.41, 5.74) is 0. The van der Waals surface area contributed by atoms with Crippen LogP contribution in [0.1, 0.15) is 46.5 Å². The van der Waals surface area contributed by atoms with E-state index in [0.29, 0.717) is 11.9 Å². The van der Waals surface area contributed by atoms with Gasteiger partial charge in [0.25, 0.3) is 0 Å². The number of carbonyl (C=O) groups excluding carboxylic acids is 1. The number of unbranched alkanes of at least 4 members (excludes halogenated alkanes) is 1. The summed E-state index contributed by atoms with van der Waals surface area (Å²) < 4.78 is 0. The van der Waals surface area contributed by atoms with Crippen LogP contribution in [0.15, 0.2) is 0 Å². The summed E-state index contributed by atoms with van der Waals surface area (Å²) in [5, 5.41) is 3.24. The van der Waals surface area contributed by atoms with E-state index in [4.69, 9.17) is 0 Å². The lowest BCUT2D eigenvalue weighted by Gasteiger charge is -2.39. The molecule has 1 saturated heterocycles. The molecule has 94 valence electrons. The molecule has 1 heterocycles. The first kappa shape index (κ1) is 13.5. The monoisotopic (exact) mass is 226 g/mol. The van der Waals surface area contributed by atoms with E-state index in [-0.39, 0.29) is 5.92 Å². The average Bonchev–Trinajstić information content (AvgIpc) is 2.23. The number of carbonyl (C=O) groups is 1. The molecule has 0 aromatic carbocycles. The number of amides is 1. The van der Waals surface area contributed by atoms with Gasteiger partial charge in [-0.2, -0.15) is 0 Å². The van der Waals surface area contributed by atoms with Gasteiger partial charge in [0.15, 0.2) is 0 Å². The molecular formula is C13H26N2O. The van der Waals surface area contributed by atoms with Crippen molar-refractivity contribution in [1.29, 1.82) is 0 Å². The maximum atomic E-state index is 12.3. The Morgan fingerprint density at radius 3 is 2.44 bits per heavy atom. The van der Waals surface area contributed by atoms with Gasteiger partial charge in [-0.25, -0.2) is 0 Å². The van der Waals surface area contributed by atoms with E-state index in [9.17, 15) is 4.79 Å². The van der Waals surface area contributed by atoms with Crippen molar-refractivity contribution in [2.24, 2.45) is 5.92 Å². The second kappa shape index (κ2) is 6.89. The minimum absolute atomic E-state index is 0.250. The third kappa shape index (κ3) is 3.21. The van der Waals surface area contributed by atoms with Crippen molar-refractivity contribution in [3.05, 3.63) is 0 Å². The predicted molar refractivity (Wildman–Crippen MR) is 67.4 cm³/mol. The fraction of sp³-hybridized carbons (Fsp3) is 0.923. The number of hydrogen-bond donors (Lipinski definition) is 1. The quantitative estimate of drug-likeness (QED) is 0.720. The van der Waals surface area contributed by atoms with E-state index in [1.54, 1.807) is 0 Å². The molecule has 1 fully saturated rings. The molecule has 1 N–H and O–H groups in total. The molecule has 3 nitrogen and oxygen atoms in total. The van der Waals surface area contributed by atoms with Crippen molar-refractivity contribution in [2.75, 3.05) is 19.6 Å². The minimum Gasteiger partial charge on any atom is -0.337 e. The van der Waals surface area contributed by atoms with Gasteiger partial charge < -0.3 is 10.2 Å². The lowest BCUT2D eigenvalue weighted by Crippen LogP contribution is -2.59. The van der Waals surface area contributed by atoms with Crippen LogP contribution < -0.4 is 5.32 Å². The first-order chi connectivity index (χ1) is 7.74. The number of rotatable bonds is 7. The summed E-state index contributed by atoms with van der Waals surface area (Å²) in [7, 11) is 0. The third-order valence-electron chi connectivity index (χ3n) is 3.57. The Hall–Kier alpha value is -0.570. The van der Waals surface area contributed by atoms with E-state index in [0.717, 1.165) is 32.5 Å². The average molecular weight is 226 g/mol. The summed E-state index contributed by atoms with van der Waals surface area (Å²) in [4.78, 5) is 14.4. The molecule has 0 aromatic heterocycles. The highest BCUT2D eigenvalue weighted by atomic mass is 16.2. The van der Waals surface area contributed by atoms with Crippen molar-refractivity contribution in [3.8, 4) is 0 Å². The summed E-state index contributed by atoms with van der Waals surface area (Å²) >= 11 is 0. The Kier molecular flexibility index (Phi) is 5.81. The lowest BCUT2D eigenvalue weighted by atomic mass is 9.96. The maximum Gasteiger partial charge on any atom is 0.225 e. The molecule has 0 aromatic rings. The summed E-state index contributed by atoms with van der Waals surface area (Å²) in [6.07, 6.45) is 4.39. The van der Waals surface area contributed by atoms with Gasteiger partial charge in [0.05, 0.1) is 6.04 Å². The Morgan fingerprint density at radius 1 is 1.38 bits per heavy atom. The first-order valence-corrected chi connectivity index (χ1v) is 6.75. The highest BCUT2D eigenvalue weighted by molar-refractivity contribution is 5.79. The van der Waals surface area contributed by atoms with Crippen molar-refractivity contribution < 1.29 is 4.79 Å². The van der Waals surface area contributed by atoms with Gasteiger partial charge >= 0.3 is 0 Å². The van der Waals surface area contributed by atoms with Gasteiger partial charge in [0, 0.05) is 25.6 Å². The Balaban J connectivity index is 2.49. The molecule has 0 radical (unpaired) electrons. The number of hydrogen-bond acceptors (Lipinski definition) is 2. The van der Waals surface area contributed by atoms with E-state index in [1.807, 2.05) is 0 Å². The van der Waals surface area contributed by atoms with Crippen LogP contribution in [0, 0.1) is 5.92 Å². The number of likely N-dealkylation sites (N-methyl/N-ethyl adjacent to an activating group) is 1. The second-order valence-corrected chi connectivity index (χ2v) is 4.68. The third-order valence-corrected chi connectivity index (χ3v) is 3.57. The normalized spacial score (nSPS) is 17.9. The zero-order valence-electron chi connectivity index (χ0n) is 11.0. The van der Waals surface area contributed by atoms with Crippen molar-refractivity contribution in [3.63, 3.8) is 0 Å². The molecule has 16 heavy (non-hydrogen) atoms. The standard InChI is InChI=1S/C13H26N2O/c1-4-7-8-11(5-2)13(16)15(6-3)12-9-14-10-12/h11-12,14H,4-10H2,1-3H3. The molecule has 0 saturated carbocycles. The Bertz CT molecular complexity index is 214. The molecule has 1 aliphatic rings. The summed E-state index contributed by atoms with van der Waals surface area (Å²) in [5.74, 6) is 0.630. The van der Waals surface area contributed by atoms with Crippen LogP contribution >= 0.6 is 0 Å². The summed E-state index contributed by atoms with van der Waals surface area (Å²) in [6, 6.07) is 0.452. The zero-order chi connectivity index (χ0) is 12.0. The lowest BCUT2D eigenvalue weighted by molar-refractivity contribution is -0.139. The van der Waals surface area contributed by atoms with E-state index in [2.05, 4.69) is 31.0 Å². The van der Waals surface area contributed by atoms with Gasteiger partial charge in [-0.3, -0.25) is 4.79 Å². The fourth-order valence-corrected chi connectivity index (χ4v) is 2.28. The molecule has 0 aliphatic carbocycles. The minimum atomic E-state index is 0.250. The Morgan fingerprint density at radius 2 is 2.06 bits per heavy atom. The van der Waals surface area contributed by atoms with Gasteiger partial charge in [0.1, 0.15) is 0 Å². The predicted octanol–water partition coefficient (Wildman–Crippen LogP) is 2.02. The molecule has 0 spiro atoms. The zero-order valence-corrected chi connectivity index (χ0v) is 11.0. The van der Waals surface area contributed by atoms with Crippen LogP contribution in [0.4, 0.5) is 0 Å². The van der Waals surface area contributed by atoms with Gasteiger partial charge in [-0.15, -0.1) is 0 Å². The fourth-order valence-electron chi connectivity index (χ4n) is 2.28. The SMILES string of the molecule is CCCCC(CC)C(=O)N(CC)C1CNC1. The second-order valence-electron chi connectivity index (χ2n) is 4.68. The maximum absolute atomic E-state index is 12.3. The van der Waals surface area contributed by atoms with Crippen LogP contribution in [0.3, 0.4) is 0 Å². The molecular weight excluding hydrogens is 200 g/mol. The number of nitrogens with zero attached hydrogens (tertiary/aromatic N) is 1. The van der Waals surface area contributed by atoms with Crippen molar-refractivity contribution in [1.82, 2.24) is 10.2 Å². The molecule has 1 rings (SSSR count). The smallest absolute Gasteiger partial charge is 0.225 e. The van der Waals surface area contributed by atoms with Gasteiger partial charge in [-0.05, 0) is 19.8 Å². The first-order valence-electron chi connectivity index (χ1n) is 6.75. The Labute approximate surface area is 99.6 Å². The molecule has 1 aliphatic heterocycles. The van der Waals surface area contributed by atoms with E-state index in [1.165, 1.54) is 12.8 Å². The van der Waals surface area contributed by atoms with Crippen LogP contribution in [-0.4, -0.2) is 36.5 Å². The molecule has 0 bridgehead atoms. The van der Waals surface area contributed by atoms with Crippen molar-refractivity contribution >= 4 is 5.91 Å². The van der Waals surface area contributed by atoms with Crippen molar-refractivity contribution in [2.45, 2.75) is 52.5 Å². The summed E-state index contributed by atoms with van der Waals surface area (Å²) in [6.45, 7) is 9.21. The highest BCUT2D eigenvalue weighted by Crippen LogP contribution is 2.18. The number of nitrogens with one attached hydrogen (secondary N) is 1. The molecule has 1 unspecified atom stereocenters. The largest absolute Gasteiger partial charge is 0.337 e. The topological polar surface area (TPSA) is 32.3 Å².